The lowest BCUT2D eigenvalue weighted by Crippen LogP contribution is -2.32. The highest BCUT2D eigenvalue weighted by Crippen LogP contribution is 2.28. The first-order valence-electron chi connectivity index (χ1n) is 10.9. The van der Waals surface area contributed by atoms with Crippen LogP contribution in [-0.4, -0.2) is 31.1 Å². The summed E-state index contributed by atoms with van der Waals surface area (Å²) in [6, 6.07) is 13.0. The standard InChI is InChI=1S/C25H34N4O2/c1-6-17(2)7-8-18(3)28-25(31)21-11-9-20(10-12-21)16-27-24-15-22(29-19(4)30)13-14-23(24)26-5/h9-18,26H,6-8H2,1-5H3,(H,28,31)(H,29,30). The number of benzene rings is 2. The Labute approximate surface area is 185 Å². The summed E-state index contributed by atoms with van der Waals surface area (Å²) in [7, 11) is 1.82. The fraction of sp³-hybridized carbons (Fsp3) is 0.400. The zero-order chi connectivity index (χ0) is 22.8. The summed E-state index contributed by atoms with van der Waals surface area (Å²) in [4.78, 5) is 28.3. The Hall–Kier alpha value is -3.15. The van der Waals surface area contributed by atoms with E-state index in [4.69, 9.17) is 0 Å². The molecule has 2 atom stereocenters. The molecular formula is C25H34N4O2. The molecule has 0 heterocycles. The molecule has 0 aliphatic carbocycles. The lowest BCUT2D eigenvalue weighted by Gasteiger charge is -2.16. The van der Waals surface area contributed by atoms with Crippen molar-refractivity contribution in [1.29, 1.82) is 0 Å². The molecule has 0 saturated carbocycles. The molecule has 31 heavy (non-hydrogen) atoms. The number of nitrogens with zero attached hydrogens (tertiary/aromatic N) is 1. The molecule has 0 aliphatic rings. The van der Waals surface area contributed by atoms with Crippen molar-refractivity contribution in [1.82, 2.24) is 5.32 Å². The minimum absolute atomic E-state index is 0.0550. The minimum Gasteiger partial charge on any atom is -0.386 e. The number of amides is 2. The van der Waals surface area contributed by atoms with Gasteiger partial charge >= 0.3 is 0 Å². The zero-order valence-electron chi connectivity index (χ0n) is 19.2. The number of aliphatic imine (C=N–C) groups is 1. The molecule has 0 aliphatic heterocycles. The maximum absolute atomic E-state index is 12.5. The van der Waals surface area contributed by atoms with Crippen molar-refractivity contribution >= 4 is 35.1 Å². The lowest BCUT2D eigenvalue weighted by molar-refractivity contribution is -0.114. The molecule has 3 N–H and O–H groups in total. The maximum Gasteiger partial charge on any atom is 0.251 e. The van der Waals surface area contributed by atoms with E-state index in [0.29, 0.717) is 22.9 Å². The summed E-state index contributed by atoms with van der Waals surface area (Å²) >= 11 is 0. The third kappa shape index (κ3) is 7.89. The van der Waals surface area contributed by atoms with E-state index in [2.05, 4.69) is 41.7 Å². The van der Waals surface area contributed by atoms with Gasteiger partial charge in [-0.3, -0.25) is 14.6 Å². The van der Waals surface area contributed by atoms with E-state index in [-0.39, 0.29) is 17.9 Å². The number of hydrogen-bond acceptors (Lipinski definition) is 4. The third-order valence-electron chi connectivity index (χ3n) is 5.28. The van der Waals surface area contributed by atoms with Gasteiger partial charge in [-0.2, -0.15) is 0 Å². The van der Waals surface area contributed by atoms with Crippen LogP contribution in [0, 0.1) is 5.92 Å². The second kappa shape index (κ2) is 11.9. The van der Waals surface area contributed by atoms with Crippen molar-refractivity contribution < 1.29 is 9.59 Å². The Morgan fingerprint density at radius 3 is 2.39 bits per heavy atom. The SMILES string of the molecule is CCC(C)CCC(C)NC(=O)c1ccc(C=Nc2cc(NC(C)=O)ccc2NC)cc1. The van der Waals surface area contributed by atoms with Gasteiger partial charge in [-0.1, -0.05) is 32.4 Å². The molecule has 6 nitrogen and oxygen atoms in total. The van der Waals surface area contributed by atoms with Crippen LogP contribution in [-0.2, 0) is 4.79 Å². The Balaban J connectivity index is 2.03. The van der Waals surface area contributed by atoms with Gasteiger partial charge in [0.1, 0.15) is 0 Å². The highest BCUT2D eigenvalue weighted by Gasteiger charge is 2.11. The molecule has 0 radical (unpaired) electrons. The number of carbonyl (C=O) groups excluding carboxylic acids is 2. The number of rotatable bonds is 10. The first kappa shape index (κ1) is 24.1. The number of hydrogen-bond donors (Lipinski definition) is 3. The first-order chi connectivity index (χ1) is 14.8. The molecule has 0 saturated heterocycles. The third-order valence-corrected chi connectivity index (χ3v) is 5.28. The van der Waals surface area contributed by atoms with E-state index in [1.165, 1.54) is 6.92 Å². The van der Waals surface area contributed by atoms with Gasteiger partial charge in [0, 0.05) is 37.5 Å². The van der Waals surface area contributed by atoms with Crippen LogP contribution in [0.25, 0.3) is 0 Å². The van der Waals surface area contributed by atoms with Gasteiger partial charge in [0.05, 0.1) is 11.4 Å². The minimum atomic E-state index is -0.129. The van der Waals surface area contributed by atoms with Crippen LogP contribution in [0.1, 0.15) is 62.9 Å². The fourth-order valence-electron chi connectivity index (χ4n) is 3.11. The normalized spacial score (nSPS) is 12.9. The predicted molar refractivity (Wildman–Crippen MR) is 130 cm³/mol. The average Bonchev–Trinajstić information content (AvgIpc) is 2.76. The summed E-state index contributed by atoms with van der Waals surface area (Å²) in [6.45, 7) is 7.96. The molecule has 166 valence electrons. The van der Waals surface area contributed by atoms with Crippen molar-refractivity contribution in [3.63, 3.8) is 0 Å². The topological polar surface area (TPSA) is 82.6 Å². The monoisotopic (exact) mass is 422 g/mol. The van der Waals surface area contributed by atoms with Gasteiger partial charge in [0.15, 0.2) is 0 Å². The van der Waals surface area contributed by atoms with Gasteiger partial charge in [0.2, 0.25) is 5.91 Å². The molecule has 2 aromatic carbocycles. The summed E-state index contributed by atoms with van der Waals surface area (Å²) in [5.74, 6) is 0.496. The van der Waals surface area contributed by atoms with E-state index in [9.17, 15) is 9.59 Å². The van der Waals surface area contributed by atoms with Gasteiger partial charge < -0.3 is 16.0 Å². The summed E-state index contributed by atoms with van der Waals surface area (Å²) < 4.78 is 0. The average molecular weight is 423 g/mol. The van der Waals surface area contributed by atoms with Crippen LogP contribution in [0.4, 0.5) is 17.1 Å². The predicted octanol–water partition coefficient (Wildman–Crippen LogP) is 5.38. The molecule has 6 heteroatoms. The molecule has 2 unspecified atom stereocenters. The number of carbonyl (C=O) groups is 2. The summed E-state index contributed by atoms with van der Waals surface area (Å²) in [5, 5.41) is 8.93. The van der Waals surface area contributed by atoms with Gasteiger partial charge in [0.25, 0.3) is 5.91 Å². The smallest absolute Gasteiger partial charge is 0.251 e. The van der Waals surface area contributed by atoms with E-state index in [1.807, 2.05) is 49.5 Å². The van der Waals surface area contributed by atoms with Crippen LogP contribution < -0.4 is 16.0 Å². The van der Waals surface area contributed by atoms with E-state index >= 15 is 0 Å². The van der Waals surface area contributed by atoms with Crippen molar-refractivity contribution in [2.45, 2.75) is 53.0 Å². The molecule has 2 amide bonds. The Morgan fingerprint density at radius 1 is 1.06 bits per heavy atom. The van der Waals surface area contributed by atoms with Crippen molar-refractivity contribution in [2.24, 2.45) is 10.9 Å². The molecule has 0 aromatic heterocycles. The molecule has 2 rings (SSSR count). The first-order valence-corrected chi connectivity index (χ1v) is 10.9. The second-order valence-electron chi connectivity index (χ2n) is 8.01. The van der Waals surface area contributed by atoms with Crippen molar-refractivity contribution in [3.05, 3.63) is 53.6 Å². The molecule has 0 spiro atoms. The summed E-state index contributed by atoms with van der Waals surface area (Å²) in [5.41, 5.74) is 3.77. The Morgan fingerprint density at radius 2 is 1.77 bits per heavy atom. The Kier molecular flexibility index (Phi) is 9.25. The van der Waals surface area contributed by atoms with Crippen LogP contribution in [0.5, 0.6) is 0 Å². The van der Waals surface area contributed by atoms with E-state index in [0.717, 1.165) is 30.5 Å². The van der Waals surface area contributed by atoms with Gasteiger partial charge in [-0.15, -0.1) is 0 Å². The van der Waals surface area contributed by atoms with E-state index in [1.54, 1.807) is 6.21 Å². The number of anilines is 2. The largest absolute Gasteiger partial charge is 0.386 e. The molecular weight excluding hydrogens is 388 g/mol. The summed E-state index contributed by atoms with van der Waals surface area (Å²) in [6.07, 6.45) is 5.00. The van der Waals surface area contributed by atoms with Crippen LogP contribution in [0.3, 0.4) is 0 Å². The van der Waals surface area contributed by atoms with Crippen molar-refractivity contribution in [2.75, 3.05) is 17.7 Å². The second-order valence-corrected chi connectivity index (χ2v) is 8.01. The molecule has 0 fully saturated rings. The Bertz CT molecular complexity index is 906. The van der Waals surface area contributed by atoms with Crippen molar-refractivity contribution in [3.8, 4) is 0 Å². The fourth-order valence-corrected chi connectivity index (χ4v) is 3.11. The van der Waals surface area contributed by atoms with Crippen LogP contribution in [0.2, 0.25) is 0 Å². The van der Waals surface area contributed by atoms with Gasteiger partial charge in [-0.25, -0.2) is 0 Å². The maximum atomic E-state index is 12.5. The van der Waals surface area contributed by atoms with E-state index < -0.39 is 0 Å². The zero-order valence-corrected chi connectivity index (χ0v) is 19.2. The highest BCUT2D eigenvalue weighted by molar-refractivity contribution is 5.95. The number of nitrogens with one attached hydrogen (secondary N) is 3. The molecule has 2 aromatic rings. The lowest BCUT2D eigenvalue weighted by atomic mass is 10.00. The molecule has 0 bridgehead atoms. The quantitative estimate of drug-likeness (QED) is 0.449. The van der Waals surface area contributed by atoms with Crippen LogP contribution >= 0.6 is 0 Å². The van der Waals surface area contributed by atoms with Gasteiger partial charge in [-0.05, 0) is 61.6 Å². The van der Waals surface area contributed by atoms with Crippen LogP contribution in [0.15, 0.2) is 47.5 Å². The highest BCUT2D eigenvalue weighted by atomic mass is 16.2.